The van der Waals surface area contributed by atoms with Crippen molar-refractivity contribution in [3.63, 3.8) is 0 Å². The summed E-state index contributed by atoms with van der Waals surface area (Å²) in [4.78, 5) is 29.0. The van der Waals surface area contributed by atoms with Gasteiger partial charge in [-0.25, -0.2) is 5.84 Å². The van der Waals surface area contributed by atoms with Crippen molar-refractivity contribution in [3.8, 4) is 0 Å². The number of amides is 2. The van der Waals surface area contributed by atoms with Crippen LogP contribution in [-0.2, 0) is 4.79 Å². The standard InChI is InChI=1S/C21H32N8O2/c1-12-7-8-15-13(10-12)11-18(25-15)21(31)27-17(6-3-9-22)20(30)26-16-5-2-4-14(16)19(28-23)29-24/h7-8,10-11,14,16-17,25H,2-6,9,22-24H2,1H3,(H,26,30)(H,27,31)(H,28,29). The van der Waals surface area contributed by atoms with Gasteiger partial charge in [-0.1, -0.05) is 18.1 Å². The summed E-state index contributed by atoms with van der Waals surface area (Å²) in [6, 6.07) is 6.85. The third kappa shape index (κ3) is 5.33. The van der Waals surface area contributed by atoms with E-state index in [0.717, 1.165) is 35.7 Å². The van der Waals surface area contributed by atoms with Gasteiger partial charge in [0.05, 0.1) is 0 Å². The van der Waals surface area contributed by atoms with Gasteiger partial charge in [0.15, 0.2) is 0 Å². The Labute approximate surface area is 181 Å². The minimum atomic E-state index is -0.699. The van der Waals surface area contributed by atoms with E-state index in [4.69, 9.17) is 17.4 Å². The van der Waals surface area contributed by atoms with E-state index in [1.807, 2.05) is 25.1 Å². The molecule has 31 heavy (non-hydrogen) atoms. The lowest BCUT2D eigenvalue weighted by molar-refractivity contribution is -0.124. The zero-order valence-corrected chi connectivity index (χ0v) is 17.8. The van der Waals surface area contributed by atoms with E-state index >= 15 is 0 Å². The van der Waals surface area contributed by atoms with Crippen LogP contribution in [0.1, 0.15) is 48.2 Å². The van der Waals surface area contributed by atoms with E-state index in [-0.39, 0.29) is 23.8 Å². The number of amidine groups is 1. The predicted molar refractivity (Wildman–Crippen MR) is 121 cm³/mol. The maximum absolute atomic E-state index is 13.0. The molecule has 0 radical (unpaired) electrons. The molecule has 0 saturated heterocycles. The number of aromatic nitrogens is 1. The molecule has 168 valence electrons. The molecule has 0 spiro atoms. The van der Waals surface area contributed by atoms with Crippen molar-refractivity contribution >= 4 is 28.6 Å². The predicted octanol–water partition coefficient (Wildman–Crippen LogP) is 0.334. The van der Waals surface area contributed by atoms with Crippen LogP contribution in [0.2, 0.25) is 0 Å². The van der Waals surface area contributed by atoms with Gasteiger partial charge in [-0.2, -0.15) is 5.10 Å². The monoisotopic (exact) mass is 428 g/mol. The maximum Gasteiger partial charge on any atom is 0.268 e. The van der Waals surface area contributed by atoms with Gasteiger partial charge in [-0.05, 0) is 57.4 Å². The fourth-order valence-corrected chi connectivity index (χ4v) is 4.18. The minimum Gasteiger partial charge on any atom is -0.351 e. The van der Waals surface area contributed by atoms with Gasteiger partial charge >= 0.3 is 0 Å². The van der Waals surface area contributed by atoms with Crippen molar-refractivity contribution < 1.29 is 9.59 Å². The smallest absolute Gasteiger partial charge is 0.268 e. The first-order chi connectivity index (χ1) is 15.0. The second kappa shape index (κ2) is 10.3. The Hall–Kier alpha value is -3.11. The molecule has 3 rings (SSSR count). The summed E-state index contributed by atoms with van der Waals surface area (Å²) >= 11 is 0. The Kier molecular flexibility index (Phi) is 7.48. The number of nitrogens with one attached hydrogen (secondary N) is 4. The Balaban J connectivity index is 1.71. The van der Waals surface area contributed by atoms with Crippen LogP contribution in [0.5, 0.6) is 0 Å². The Bertz CT molecular complexity index is 954. The highest BCUT2D eigenvalue weighted by Crippen LogP contribution is 2.26. The lowest BCUT2D eigenvalue weighted by Crippen LogP contribution is -2.52. The largest absolute Gasteiger partial charge is 0.351 e. The highest BCUT2D eigenvalue weighted by Gasteiger charge is 2.34. The van der Waals surface area contributed by atoms with Crippen LogP contribution < -0.4 is 33.5 Å². The molecular weight excluding hydrogens is 396 g/mol. The Morgan fingerprint density at radius 3 is 2.81 bits per heavy atom. The van der Waals surface area contributed by atoms with Gasteiger partial charge < -0.3 is 32.6 Å². The van der Waals surface area contributed by atoms with Gasteiger partial charge in [0.1, 0.15) is 17.6 Å². The van der Waals surface area contributed by atoms with Gasteiger partial charge in [0.25, 0.3) is 5.91 Å². The van der Waals surface area contributed by atoms with Crippen LogP contribution in [0.3, 0.4) is 0 Å². The van der Waals surface area contributed by atoms with Crippen LogP contribution in [0.15, 0.2) is 29.4 Å². The van der Waals surface area contributed by atoms with Crippen molar-refractivity contribution in [2.24, 2.45) is 28.4 Å². The molecule has 1 aromatic carbocycles. The minimum absolute atomic E-state index is 0.0817. The van der Waals surface area contributed by atoms with Crippen LogP contribution in [0, 0.1) is 12.8 Å². The molecule has 1 heterocycles. The van der Waals surface area contributed by atoms with Gasteiger partial charge in [0, 0.05) is 22.9 Å². The SMILES string of the molecule is Cc1ccc2[nH]c(C(=O)NC(CCCN)C(=O)NC3CCCC3/C(=N/N)NN)cc2c1. The van der Waals surface area contributed by atoms with Crippen molar-refractivity contribution in [3.05, 3.63) is 35.5 Å². The highest BCUT2D eigenvalue weighted by molar-refractivity contribution is 6.00. The molecule has 10 nitrogen and oxygen atoms in total. The number of aromatic amines is 1. The summed E-state index contributed by atoms with van der Waals surface area (Å²) < 4.78 is 0. The average molecular weight is 429 g/mol. The number of carbonyl (C=O) groups excluding carboxylic acids is 2. The molecule has 3 unspecified atom stereocenters. The topological polar surface area (TPSA) is 176 Å². The number of hydrogen-bond donors (Lipinski definition) is 7. The Morgan fingerprint density at radius 2 is 2.10 bits per heavy atom. The van der Waals surface area contributed by atoms with Crippen LogP contribution in [-0.4, -0.2) is 41.3 Å². The molecule has 2 aromatic rings. The summed E-state index contributed by atoms with van der Waals surface area (Å²) in [6.07, 6.45) is 3.58. The first kappa shape index (κ1) is 22.6. The number of H-pyrrole nitrogens is 1. The number of nitrogens with zero attached hydrogens (tertiary/aromatic N) is 1. The summed E-state index contributed by atoms with van der Waals surface area (Å²) in [5.41, 5.74) is 10.5. The molecule has 1 saturated carbocycles. The Morgan fingerprint density at radius 1 is 1.29 bits per heavy atom. The quantitative estimate of drug-likeness (QED) is 0.138. The van der Waals surface area contributed by atoms with Crippen LogP contribution in [0.25, 0.3) is 10.9 Å². The number of hydrazine groups is 1. The van der Waals surface area contributed by atoms with Crippen LogP contribution >= 0.6 is 0 Å². The lowest BCUT2D eigenvalue weighted by atomic mass is 10.0. The molecular formula is C21H32N8O2. The number of hydrazone groups is 1. The fraction of sp³-hybridized carbons (Fsp3) is 0.476. The molecule has 10 N–H and O–H groups in total. The van der Waals surface area contributed by atoms with E-state index in [2.05, 4.69) is 26.1 Å². The van der Waals surface area contributed by atoms with Gasteiger partial charge in [-0.3, -0.25) is 9.59 Å². The van der Waals surface area contributed by atoms with Gasteiger partial charge in [0.2, 0.25) is 5.91 Å². The van der Waals surface area contributed by atoms with Crippen LogP contribution in [0.4, 0.5) is 0 Å². The molecule has 1 aliphatic rings. The average Bonchev–Trinajstić information content (AvgIpc) is 3.38. The van der Waals surface area contributed by atoms with E-state index in [0.29, 0.717) is 30.9 Å². The summed E-state index contributed by atoms with van der Waals surface area (Å²) in [5.74, 6) is 10.7. The highest BCUT2D eigenvalue weighted by atomic mass is 16.2. The summed E-state index contributed by atoms with van der Waals surface area (Å²) in [7, 11) is 0. The molecule has 1 aromatic heterocycles. The number of rotatable bonds is 8. The van der Waals surface area contributed by atoms with Crippen molar-refractivity contribution in [2.45, 2.75) is 51.1 Å². The second-order valence-electron chi connectivity index (χ2n) is 8.04. The first-order valence-corrected chi connectivity index (χ1v) is 10.6. The van der Waals surface area contributed by atoms with Crippen molar-refractivity contribution in [1.82, 2.24) is 21.0 Å². The first-order valence-electron chi connectivity index (χ1n) is 10.6. The third-order valence-electron chi connectivity index (χ3n) is 5.82. The molecule has 0 bridgehead atoms. The molecule has 3 atom stereocenters. The van der Waals surface area contributed by atoms with E-state index < -0.39 is 6.04 Å². The lowest BCUT2D eigenvalue weighted by Gasteiger charge is -2.25. The second-order valence-corrected chi connectivity index (χ2v) is 8.04. The number of aryl methyl sites for hydroxylation is 1. The number of fused-ring (bicyclic) bond motifs is 1. The van der Waals surface area contributed by atoms with E-state index in [9.17, 15) is 9.59 Å². The molecule has 1 aliphatic carbocycles. The normalized spacial score (nSPS) is 19.9. The maximum atomic E-state index is 13.0. The van der Waals surface area contributed by atoms with Gasteiger partial charge in [-0.15, -0.1) is 0 Å². The van der Waals surface area contributed by atoms with Crippen molar-refractivity contribution in [2.75, 3.05) is 6.54 Å². The zero-order chi connectivity index (χ0) is 22.4. The fourth-order valence-electron chi connectivity index (χ4n) is 4.18. The summed E-state index contributed by atoms with van der Waals surface area (Å²) in [5, 5.41) is 10.5. The molecule has 0 aliphatic heterocycles. The zero-order valence-electron chi connectivity index (χ0n) is 17.8. The molecule has 10 heteroatoms. The summed E-state index contributed by atoms with van der Waals surface area (Å²) in [6.45, 7) is 2.43. The number of nitrogens with two attached hydrogens (primary N) is 3. The third-order valence-corrected chi connectivity index (χ3v) is 5.82. The van der Waals surface area contributed by atoms with E-state index in [1.165, 1.54) is 0 Å². The van der Waals surface area contributed by atoms with E-state index in [1.54, 1.807) is 6.07 Å². The molecule has 2 amide bonds. The number of carbonyl (C=O) groups is 2. The molecule has 1 fully saturated rings. The number of benzene rings is 1. The number of hydrogen-bond acceptors (Lipinski definition) is 6. The van der Waals surface area contributed by atoms with Crippen molar-refractivity contribution in [1.29, 1.82) is 0 Å².